The molecule has 0 saturated carbocycles. The van der Waals surface area contributed by atoms with E-state index in [4.69, 9.17) is 0 Å². The summed E-state index contributed by atoms with van der Waals surface area (Å²) < 4.78 is 0. The highest BCUT2D eigenvalue weighted by Gasteiger charge is 2.11. The Kier molecular flexibility index (Phi) is 4.17. The molecule has 0 saturated heterocycles. The molecule has 118 valence electrons. The van der Waals surface area contributed by atoms with Crippen molar-refractivity contribution in [1.29, 1.82) is 0 Å². The largest absolute Gasteiger partial charge is 0.378 e. The monoisotopic (exact) mass is 316 g/mol. The minimum atomic E-state index is -0.362. The summed E-state index contributed by atoms with van der Waals surface area (Å²) in [6.45, 7) is 0. The fourth-order valence-electron chi connectivity index (χ4n) is 2.54. The molecule has 0 radical (unpaired) electrons. The van der Waals surface area contributed by atoms with Gasteiger partial charge in [0.25, 0.3) is 5.69 Å². The molecule has 3 rings (SSSR count). The smallest absolute Gasteiger partial charge is 0.277 e. The number of benzene rings is 3. The lowest BCUT2D eigenvalue weighted by Crippen LogP contribution is -2.07. The van der Waals surface area contributed by atoms with E-state index in [9.17, 15) is 10.1 Å². The van der Waals surface area contributed by atoms with E-state index >= 15 is 0 Å². The van der Waals surface area contributed by atoms with E-state index in [0.717, 1.165) is 22.2 Å². The first kappa shape index (κ1) is 15.6. The van der Waals surface area contributed by atoms with Crippen molar-refractivity contribution in [2.45, 2.75) is 0 Å². The predicted molar refractivity (Wildman–Crippen MR) is 97.4 cm³/mol. The number of hydrogen-bond acceptors (Lipinski definition) is 3. The van der Waals surface area contributed by atoms with Gasteiger partial charge in [-0.25, -0.2) is 0 Å². The molecule has 0 spiro atoms. The van der Waals surface area contributed by atoms with E-state index in [-0.39, 0.29) is 10.6 Å². The summed E-state index contributed by atoms with van der Waals surface area (Å²) in [5.41, 5.74) is 2.91. The van der Waals surface area contributed by atoms with Crippen molar-refractivity contribution in [2.75, 3.05) is 19.0 Å². The highest BCUT2D eigenvalue weighted by molar-refractivity contribution is 5.94. The first-order valence-corrected chi connectivity index (χ1v) is 7.52. The zero-order chi connectivity index (χ0) is 17.1. The van der Waals surface area contributed by atoms with Crippen LogP contribution in [0, 0.1) is 22.0 Å². The van der Waals surface area contributed by atoms with Crippen molar-refractivity contribution in [1.82, 2.24) is 0 Å². The number of hydrogen-bond donors (Lipinski definition) is 0. The molecule has 0 aliphatic rings. The number of non-ortho nitro benzene ring substituents is 1. The van der Waals surface area contributed by atoms with Gasteiger partial charge in [0.2, 0.25) is 0 Å². The van der Waals surface area contributed by atoms with Gasteiger partial charge < -0.3 is 4.90 Å². The maximum Gasteiger partial charge on any atom is 0.277 e. The zero-order valence-corrected chi connectivity index (χ0v) is 13.5. The van der Waals surface area contributed by atoms with E-state index in [1.165, 1.54) is 6.07 Å². The van der Waals surface area contributed by atoms with Gasteiger partial charge in [0.15, 0.2) is 0 Å². The third-order valence-electron chi connectivity index (χ3n) is 3.82. The van der Waals surface area contributed by atoms with Crippen LogP contribution in [0.5, 0.6) is 0 Å². The number of nitrogens with zero attached hydrogens (tertiary/aromatic N) is 2. The first-order valence-electron chi connectivity index (χ1n) is 7.52. The van der Waals surface area contributed by atoms with Crippen LogP contribution < -0.4 is 4.90 Å². The molecule has 4 nitrogen and oxygen atoms in total. The third-order valence-corrected chi connectivity index (χ3v) is 3.82. The fraction of sp³-hybridized carbons (Fsp3) is 0.100. The molecule has 3 aromatic rings. The van der Waals surface area contributed by atoms with E-state index in [1.54, 1.807) is 18.2 Å². The van der Waals surface area contributed by atoms with Gasteiger partial charge in [-0.1, -0.05) is 30.0 Å². The van der Waals surface area contributed by atoms with Gasteiger partial charge in [0, 0.05) is 42.4 Å². The van der Waals surface area contributed by atoms with Gasteiger partial charge in [-0.05, 0) is 36.4 Å². The summed E-state index contributed by atoms with van der Waals surface area (Å²) in [5.74, 6) is 6.26. The van der Waals surface area contributed by atoms with Gasteiger partial charge in [-0.3, -0.25) is 10.1 Å². The van der Waals surface area contributed by atoms with Crippen LogP contribution in [0.15, 0.2) is 60.7 Å². The molecule has 0 aliphatic heterocycles. The summed E-state index contributed by atoms with van der Waals surface area (Å²) in [5, 5.41) is 12.6. The lowest BCUT2D eigenvalue weighted by molar-refractivity contribution is -0.383. The van der Waals surface area contributed by atoms with Crippen LogP contribution in [-0.4, -0.2) is 19.0 Å². The van der Waals surface area contributed by atoms with Crippen LogP contribution in [0.3, 0.4) is 0 Å². The van der Waals surface area contributed by atoms with E-state index < -0.39 is 0 Å². The average molecular weight is 316 g/mol. The highest BCUT2D eigenvalue weighted by atomic mass is 16.6. The Labute approximate surface area is 140 Å². The molecule has 0 unspecified atom stereocenters. The van der Waals surface area contributed by atoms with Crippen molar-refractivity contribution >= 4 is 22.1 Å². The maximum absolute atomic E-state index is 11.2. The SMILES string of the molecule is CN(C)c1ccc(C#Cc2cccc3c([N+](=O)[O-])cccc23)cc1. The molecule has 0 amide bonds. The Morgan fingerprint density at radius 1 is 0.875 bits per heavy atom. The number of fused-ring (bicyclic) bond motifs is 1. The normalized spacial score (nSPS) is 10.1. The predicted octanol–water partition coefficient (Wildman–Crippen LogP) is 4.21. The molecule has 4 heteroatoms. The molecule has 0 fully saturated rings. The van der Waals surface area contributed by atoms with Crippen molar-refractivity contribution in [2.24, 2.45) is 0 Å². The Balaban J connectivity index is 2.02. The molecule has 0 heterocycles. The van der Waals surface area contributed by atoms with Gasteiger partial charge >= 0.3 is 0 Å². The van der Waals surface area contributed by atoms with Gasteiger partial charge in [0.1, 0.15) is 0 Å². The van der Waals surface area contributed by atoms with Gasteiger partial charge in [-0.15, -0.1) is 0 Å². The second-order valence-corrected chi connectivity index (χ2v) is 5.63. The Morgan fingerprint density at radius 2 is 1.54 bits per heavy atom. The minimum absolute atomic E-state index is 0.103. The van der Waals surface area contributed by atoms with Crippen molar-refractivity contribution in [3.63, 3.8) is 0 Å². The summed E-state index contributed by atoms with van der Waals surface area (Å²) >= 11 is 0. The molecule has 0 bridgehead atoms. The molecule has 0 N–H and O–H groups in total. The van der Waals surface area contributed by atoms with Gasteiger partial charge in [-0.2, -0.15) is 0 Å². The zero-order valence-electron chi connectivity index (χ0n) is 13.5. The van der Waals surface area contributed by atoms with Gasteiger partial charge in [0.05, 0.1) is 10.3 Å². The molecule has 3 aromatic carbocycles. The second kappa shape index (κ2) is 6.43. The fourth-order valence-corrected chi connectivity index (χ4v) is 2.54. The molecule has 24 heavy (non-hydrogen) atoms. The molecule has 0 atom stereocenters. The summed E-state index contributed by atoms with van der Waals surface area (Å²) in [7, 11) is 3.98. The Hall–Kier alpha value is -3.32. The summed E-state index contributed by atoms with van der Waals surface area (Å²) in [6.07, 6.45) is 0. The van der Waals surface area contributed by atoms with E-state index in [2.05, 4.69) is 11.8 Å². The number of nitro benzene ring substituents is 1. The van der Waals surface area contributed by atoms with Crippen molar-refractivity contribution < 1.29 is 4.92 Å². The topological polar surface area (TPSA) is 46.4 Å². The lowest BCUT2D eigenvalue weighted by atomic mass is 10.0. The number of anilines is 1. The van der Waals surface area contributed by atoms with Crippen molar-refractivity contribution in [3.8, 4) is 11.8 Å². The maximum atomic E-state index is 11.2. The van der Waals surface area contributed by atoms with Crippen LogP contribution in [0.25, 0.3) is 10.8 Å². The Bertz CT molecular complexity index is 964. The van der Waals surface area contributed by atoms with E-state index in [1.807, 2.05) is 55.4 Å². The average Bonchev–Trinajstić information content (AvgIpc) is 2.59. The van der Waals surface area contributed by atoms with Crippen LogP contribution in [0.4, 0.5) is 11.4 Å². The van der Waals surface area contributed by atoms with E-state index in [0.29, 0.717) is 5.39 Å². The summed E-state index contributed by atoms with van der Waals surface area (Å²) in [4.78, 5) is 12.8. The van der Waals surface area contributed by atoms with Crippen LogP contribution in [-0.2, 0) is 0 Å². The molecule has 0 aliphatic carbocycles. The van der Waals surface area contributed by atoms with Crippen LogP contribution in [0.1, 0.15) is 11.1 Å². The second-order valence-electron chi connectivity index (χ2n) is 5.63. The summed E-state index contributed by atoms with van der Waals surface area (Å²) in [6, 6.07) is 18.5. The van der Waals surface area contributed by atoms with Crippen molar-refractivity contribution in [3.05, 3.63) is 81.9 Å². The molecular formula is C20H16N2O2. The highest BCUT2D eigenvalue weighted by Crippen LogP contribution is 2.27. The number of rotatable bonds is 2. The third kappa shape index (κ3) is 3.06. The number of nitro groups is 1. The minimum Gasteiger partial charge on any atom is -0.378 e. The van der Waals surface area contributed by atoms with Crippen LogP contribution >= 0.6 is 0 Å². The molecular weight excluding hydrogens is 300 g/mol. The molecule has 0 aromatic heterocycles. The lowest BCUT2D eigenvalue weighted by Gasteiger charge is -2.11. The standard InChI is InChI=1S/C20H16N2O2/c1-21(2)17-13-10-15(11-14-17)9-12-16-5-3-7-19-18(16)6-4-8-20(19)22(23)24/h3-8,10-11,13-14H,1-2H3. The first-order chi connectivity index (χ1) is 11.6. The quantitative estimate of drug-likeness (QED) is 0.404. The Morgan fingerprint density at radius 3 is 2.21 bits per heavy atom. The van der Waals surface area contributed by atoms with Crippen LogP contribution in [0.2, 0.25) is 0 Å².